The highest BCUT2D eigenvalue weighted by atomic mass is 32.2. The Hall–Kier alpha value is -2.23. The molecule has 0 spiro atoms. The number of aliphatic hydroxyl groups is 1. The van der Waals surface area contributed by atoms with Crippen molar-refractivity contribution in [3.05, 3.63) is 46.5 Å². The summed E-state index contributed by atoms with van der Waals surface area (Å²) in [5.74, 6) is 0.0347. The van der Waals surface area contributed by atoms with Crippen LogP contribution in [-0.2, 0) is 10.0 Å². The number of thiazole rings is 1. The molecule has 0 radical (unpaired) electrons. The summed E-state index contributed by atoms with van der Waals surface area (Å²) in [7, 11) is -0.402. The van der Waals surface area contributed by atoms with Gasteiger partial charge in [0.15, 0.2) is 0 Å². The minimum absolute atomic E-state index is 0.0474. The number of aliphatic hydroxyl groups excluding tert-OH is 1. The van der Waals surface area contributed by atoms with Crippen LogP contribution in [0.25, 0.3) is 16.8 Å². The van der Waals surface area contributed by atoms with Crippen LogP contribution < -0.4 is 0 Å². The minimum atomic E-state index is -3.36. The maximum atomic E-state index is 11.9. The summed E-state index contributed by atoms with van der Waals surface area (Å²) in [6.45, 7) is 0.265. The second-order valence-corrected chi connectivity index (χ2v) is 9.25. The van der Waals surface area contributed by atoms with Crippen LogP contribution in [0.2, 0.25) is 0 Å². The van der Waals surface area contributed by atoms with Crippen molar-refractivity contribution in [2.75, 3.05) is 32.9 Å². The summed E-state index contributed by atoms with van der Waals surface area (Å²) in [6.07, 6.45) is 0. The first-order valence-electron chi connectivity index (χ1n) is 7.97. The number of hydrogen-bond donors (Lipinski definition) is 2. The third kappa shape index (κ3) is 3.64. The molecule has 2 heterocycles. The van der Waals surface area contributed by atoms with Gasteiger partial charge in [0, 0.05) is 31.6 Å². The molecule has 1 aliphatic rings. The fraction of sp³-hybridized carbons (Fsp3) is 0.294. The Morgan fingerprint density at radius 3 is 2.65 bits per heavy atom. The molecule has 9 heteroatoms. The van der Waals surface area contributed by atoms with Crippen molar-refractivity contribution in [3.8, 4) is 11.3 Å². The SMILES string of the molecule is CN(C)S(=O)(=O)CCN1CC(O)=C(c2nc(-c3ccccc3)cs2)C1=N. The number of sulfonamides is 1. The van der Waals surface area contributed by atoms with Crippen molar-refractivity contribution < 1.29 is 13.5 Å². The summed E-state index contributed by atoms with van der Waals surface area (Å²) in [5, 5.41) is 21.1. The molecule has 0 saturated carbocycles. The van der Waals surface area contributed by atoms with Crippen molar-refractivity contribution in [3.63, 3.8) is 0 Å². The van der Waals surface area contributed by atoms with E-state index in [1.807, 2.05) is 35.7 Å². The predicted octanol–water partition coefficient (Wildman–Crippen LogP) is 2.26. The van der Waals surface area contributed by atoms with E-state index in [0.29, 0.717) is 10.6 Å². The topological polar surface area (TPSA) is 97.6 Å². The Labute approximate surface area is 156 Å². The largest absolute Gasteiger partial charge is 0.510 e. The Balaban J connectivity index is 1.76. The number of hydrogen-bond acceptors (Lipinski definition) is 6. The number of rotatable bonds is 6. The summed E-state index contributed by atoms with van der Waals surface area (Å²) in [6, 6.07) is 9.68. The molecule has 2 N–H and O–H groups in total. The Kier molecular flexibility index (Phi) is 5.12. The molecule has 0 fully saturated rings. The van der Waals surface area contributed by atoms with Gasteiger partial charge in [-0.2, -0.15) is 0 Å². The van der Waals surface area contributed by atoms with Gasteiger partial charge >= 0.3 is 0 Å². The predicted molar refractivity (Wildman–Crippen MR) is 104 cm³/mol. The van der Waals surface area contributed by atoms with Crippen molar-refractivity contribution in [1.29, 1.82) is 5.41 Å². The van der Waals surface area contributed by atoms with Gasteiger partial charge in [-0.25, -0.2) is 17.7 Å². The van der Waals surface area contributed by atoms with Gasteiger partial charge in [0.05, 0.1) is 23.6 Å². The molecule has 0 bridgehead atoms. The third-order valence-electron chi connectivity index (χ3n) is 4.15. The summed E-state index contributed by atoms with van der Waals surface area (Å²) in [4.78, 5) is 6.09. The van der Waals surface area contributed by atoms with Crippen LogP contribution in [0.15, 0.2) is 41.5 Å². The quantitative estimate of drug-likeness (QED) is 0.786. The number of aromatic nitrogens is 1. The molecule has 26 heavy (non-hydrogen) atoms. The number of nitrogens with one attached hydrogen (secondary N) is 1. The molecule has 2 aromatic rings. The molecule has 3 rings (SSSR count). The van der Waals surface area contributed by atoms with Gasteiger partial charge in [-0.1, -0.05) is 30.3 Å². The van der Waals surface area contributed by atoms with Crippen molar-refractivity contribution in [2.24, 2.45) is 0 Å². The molecular weight excluding hydrogens is 372 g/mol. The van der Waals surface area contributed by atoms with E-state index in [2.05, 4.69) is 4.98 Å². The van der Waals surface area contributed by atoms with E-state index in [4.69, 9.17) is 5.41 Å². The highest BCUT2D eigenvalue weighted by molar-refractivity contribution is 7.89. The standard InChI is InChI=1S/C17H20N4O3S2/c1-20(2)26(23,24)9-8-21-10-14(22)15(16(21)18)17-19-13(11-25-17)12-6-4-3-5-7-12/h3-7,11,18,22H,8-10H2,1-2H3. The van der Waals surface area contributed by atoms with Crippen molar-refractivity contribution in [1.82, 2.24) is 14.2 Å². The van der Waals surface area contributed by atoms with Crippen LogP contribution in [0.3, 0.4) is 0 Å². The lowest BCUT2D eigenvalue weighted by Crippen LogP contribution is -2.35. The van der Waals surface area contributed by atoms with E-state index in [9.17, 15) is 13.5 Å². The molecule has 0 unspecified atom stereocenters. The Morgan fingerprint density at radius 2 is 2.00 bits per heavy atom. The van der Waals surface area contributed by atoms with Gasteiger partial charge in [-0.05, 0) is 0 Å². The molecular formula is C17H20N4O3S2. The lowest BCUT2D eigenvalue weighted by Gasteiger charge is -2.19. The van der Waals surface area contributed by atoms with E-state index in [-0.39, 0.29) is 30.4 Å². The van der Waals surface area contributed by atoms with Gasteiger partial charge in [-0.3, -0.25) is 5.41 Å². The van der Waals surface area contributed by atoms with Crippen LogP contribution in [0.4, 0.5) is 0 Å². The van der Waals surface area contributed by atoms with Crippen molar-refractivity contribution >= 4 is 32.8 Å². The first-order chi connectivity index (χ1) is 12.3. The number of nitrogens with zero attached hydrogens (tertiary/aromatic N) is 3. The second kappa shape index (κ2) is 7.18. The molecule has 7 nitrogen and oxygen atoms in total. The lowest BCUT2D eigenvalue weighted by atomic mass is 10.2. The first-order valence-corrected chi connectivity index (χ1v) is 10.5. The monoisotopic (exact) mass is 392 g/mol. The normalized spacial score (nSPS) is 15.3. The fourth-order valence-electron chi connectivity index (χ4n) is 2.59. The Bertz CT molecular complexity index is 949. The van der Waals surface area contributed by atoms with Crippen LogP contribution in [0, 0.1) is 5.41 Å². The van der Waals surface area contributed by atoms with Gasteiger partial charge in [0.1, 0.15) is 16.6 Å². The lowest BCUT2D eigenvalue weighted by molar-refractivity contribution is 0.356. The van der Waals surface area contributed by atoms with E-state index < -0.39 is 10.0 Å². The highest BCUT2D eigenvalue weighted by Crippen LogP contribution is 2.32. The van der Waals surface area contributed by atoms with E-state index in [0.717, 1.165) is 15.6 Å². The number of amidine groups is 1. The van der Waals surface area contributed by atoms with E-state index in [1.165, 1.54) is 25.4 Å². The van der Waals surface area contributed by atoms with Crippen LogP contribution >= 0.6 is 11.3 Å². The average Bonchev–Trinajstić information content (AvgIpc) is 3.18. The second-order valence-electron chi connectivity index (χ2n) is 6.09. The summed E-state index contributed by atoms with van der Waals surface area (Å²) >= 11 is 1.36. The zero-order valence-corrected chi connectivity index (χ0v) is 16.1. The highest BCUT2D eigenvalue weighted by Gasteiger charge is 2.31. The first kappa shape index (κ1) is 18.6. The molecule has 1 aliphatic heterocycles. The van der Waals surface area contributed by atoms with Crippen molar-refractivity contribution in [2.45, 2.75) is 0 Å². The van der Waals surface area contributed by atoms with E-state index >= 15 is 0 Å². The van der Waals surface area contributed by atoms with Crippen LogP contribution in [-0.4, -0.2) is 66.5 Å². The van der Waals surface area contributed by atoms with E-state index in [1.54, 1.807) is 4.90 Å². The van der Waals surface area contributed by atoms with Gasteiger partial charge in [0.25, 0.3) is 0 Å². The van der Waals surface area contributed by atoms with Gasteiger partial charge in [-0.15, -0.1) is 11.3 Å². The molecule has 0 amide bonds. The average molecular weight is 393 g/mol. The summed E-state index contributed by atoms with van der Waals surface area (Å²) in [5.41, 5.74) is 2.13. The maximum absolute atomic E-state index is 11.9. The molecule has 1 aromatic heterocycles. The van der Waals surface area contributed by atoms with Crippen LogP contribution in [0.5, 0.6) is 0 Å². The molecule has 138 valence electrons. The van der Waals surface area contributed by atoms with Crippen LogP contribution in [0.1, 0.15) is 5.01 Å². The Morgan fingerprint density at radius 1 is 1.31 bits per heavy atom. The molecule has 0 atom stereocenters. The van der Waals surface area contributed by atoms with Gasteiger partial charge in [0.2, 0.25) is 10.0 Å². The summed E-state index contributed by atoms with van der Waals surface area (Å²) < 4.78 is 25.0. The third-order valence-corrected chi connectivity index (χ3v) is 6.82. The maximum Gasteiger partial charge on any atom is 0.215 e. The fourth-order valence-corrected chi connectivity index (χ4v) is 4.30. The minimum Gasteiger partial charge on any atom is -0.510 e. The van der Waals surface area contributed by atoms with Gasteiger partial charge < -0.3 is 10.0 Å². The molecule has 0 aliphatic carbocycles. The zero-order valence-electron chi connectivity index (χ0n) is 14.5. The molecule has 1 aromatic carbocycles. The zero-order chi connectivity index (χ0) is 18.9. The molecule has 0 saturated heterocycles. The smallest absolute Gasteiger partial charge is 0.215 e. The number of benzene rings is 1.